The molecule has 2 aromatic heterocycles. The summed E-state index contributed by atoms with van der Waals surface area (Å²) in [7, 11) is 0. The van der Waals surface area contributed by atoms with Crippen molar-refractivity contribution < 1.29 is 9.53 Å². The van der Waals surface area contributed by atoms with Crippen molar-refractivity contribution >= 4 is 11.9 Å². The van der Waals surface area contributed by atoms with Gasteiger partial charge in [-0.05, 0) is 44.2 Å². The van der Waals surface area contributed by atoms with E-state index in [0.29, 0.717) is 11.5 Å². The van der Waals surface area contributed by atoms with Gasteiger partial charge in [-0.15, -0.1) is 0 Å². The molecular weight excluding hydrogens is 318 g/mol. The lowest BCUT2D eigenvalue weighted by Crippen LogP contribution is -2.32. The third kappa shape index (κ3) is 3.01. The molecule has 1 aliphatic heterocycles. The van der Waals surface area contributed by atoms with E-state index in [-0.39, 0.29) is 18.1 Å². The number of nitrogens with one attached hydrogen (secondary N) is 1. The van der Waals surface area contributed by atoms with Crippen molar-refractivity contribution in [2.75, 3.05) is 5.32 Å². The molecule has 0 saturated heterocycles. The van der Waals surface area contributed by atoms with Gasteiger partial charge in [0.25, 0.3) is 0 Å². The summed E-state index contributed by atoms with van der Waals surface area (Å²) in [5.41, 5.74) is 2.19. The highest BCUT2D eigenvalue weighted by Gasteiger charge is 2.35. The Hall–Kier alpha value is -2.70. The highest BCUT2D eigenvalue weighted by atomic mass is 16.5. The van der Waals surface area contributed by atoms with E-state index >= 15 is 0 Å². The molecule has 2 aromatic rings. The molecule has 7 nitrogen and oxygen atoms in total. The minimum atomic E-state index is -0.386. The highest BCUT2D eigenvalue weighted by Crippen LogP contribution is 2.35. The van der Waals surface area contributed by atoms with Crippen molar-refractivity contribution in [3.05, 3.63) is 47.7 Å². The van der Waals surface area contributed by atoms with Gasteiger partial charge < -0.3 is 10.1 Å². The topological polar surface area (TPSA) is 81.9 Å². The van der Waals surface area contributed by atoms with Crippen LogP contribution < -0.4 is 5.32 Å². The first-order chi connectivity index (χ1) is 12.2. The second kappa shape index (κ2) is 6.66. The lowest BCUT2D eigenvalue weighted by atomic mass is 9.95. The Bertz CT molecular complexity index is 793. The molecule has 3 heterocycles. The number of hydrogen-bond acceptors (Lipinski definition) is 6. The molecule has 2 aliphatic rings. The van der Waals surface area contributed by atoms with Crippen LogP contribution in [0.1, 0.15) is 50.6 Å². The molecule has 0 unspecified atom stereocenters. The molecular formula is C18H21N5O2. The third-order valence-electron chi connectivity index (χ3n) is 4.84. The zero-order chi connectivity index (χ0) is 17.2. The average molecular weight is 339 g/mol. The number of aromatic nitrogens is 4. The monoisotopic (exact) mass is 339 g/mol. The molecule has 0 amide bonds. The van der Waals surface area contributed by atoms with Crippen LogP contribution in [0, 0.1) is 0 Å². The van der Waals surface area contributed by atoms with E-state index in [1.165, 1.54) is 12.7 Å². The molecule has 0 radical (unpaired) electrons. The first-order valence-electron chi connectivity index (χ1n) is 8.72. The summed E-state index contributed by atoms with van der Waals surface area (Å²) in [6.45, 7) is 1.87. The van der Waals surface area contributed by atoms with Crippen molar-refractivity contribution in [3.8, 4) is 0 Å². The predicted molar refractivity (Wildman–Crippen MR) is 91.7 cm³/mol. The van der Waals surface area contributed by atoms with Gasteiger partial charge in [0.05, 0.1) is 5.57 Å². The van der Waals surface area contributed by atoms with Gasteiger partial charge in [0.2, 0.25) is 5.95 Å². The van der Waals surface area contributed by atoms with Gasteiger partial charge in [-0.3, -0.25) is 4.98 Å². The lowest BCUT2D eigenvalue weighted by Gasteiger charge is -2.30. The van der Waals surface area contributed by atoms with E-state index in [1.54, 1.807) is 17.1 Å². The Balaban J connectivity index is 1.69. The van der Waals surface area contributed by atoms with Gasteiger partial charge in [0.15, 0.2) is 0 Å². The van der Waals surface area contributed by atoms with E-state index in [1.807, 2.05) is 19.1 Å². The van der Waals surface area contributed by atoms with Crippen LogP contribution in [0.25, 0.3) is 0 Å². The van der Waals surface area contributed by atoms with E-state index < -0.39 is 0 Å². The van der Waals surface area contributed by atoms with Crippen molar-refractivity contribution in [2.24, 2.45) is 0 Å². The molecule has 1 atom stereocenters. The minimum Gasteiger partial charge on any atom is -0.459 e. The highest BCUT2D eigenvalue weighted by molar-refractivity contribution is 5.92. The third-order valence-corrected chi connectivity index (χ3v) is 4.84. The Kier molecular flexibility index (Phi) is 4.21. The molecule has 1 fully saturated rings. The van der Waals surface area contributed by atoms with Gasteiger partial charge in [0.1, 0.15) is 18.5 Å². The van der Waals surface area contributed by atoms with E-state index in [2.05, 4.69) is 20.4 Å². The maximum Gasteiger partial charge on any atom is 0.338 e. The SMILES string of the molecule is CC1=C(C(=O)OC2CCCCC2)[C@H](c2cccnc2)n2ncnc2N1. The quantitative estimate of drug-likeness (QED) is 0.866. The van der Waals surface area contributed by atoms with Gasteiger partial charge in [-0.1, -0.05) is 12.5 Å². The number of hydrogen-bond donors (Lipinski definition) is 1. The molecule has 4 rings (SSSR count). The average Bonchev–Trinajstić information content (AvgIpc) is 3.10. The van der Waals surface area contributed by atoms with Gasteiger partial charge in [0, 0.05) is 18.1 Å². The Labute approximate surface area is 146 Å². The molecule has 0 bridgehead atoms. The number of pyridine rings is 1. The molecule has 0 aromatic carbocycles. The second-order valence-electron chi connectivity index (χ2n) is 6.55. The summed E-state index contributed by atoms with van der Waals surface area (Å²) in [6.07, 6.45) is 10.3. The van der Waals surface area contributed by atoms with Gasteiger partial charge in [-0.2, -0.15) is 10.1 Å². The number of esters is 1. The minimum absolute atomic E-state index is 0.00763. The first-order valence-corrected chi connectivity index (χ1v) is 8.72. The molecule has 7 heteroatoms. The van der Waals surface area contributed by atoms with Crippen molar-refractivity contribution in [2.45, 2.75) is 51.2 Å². The molecule has 1 aliphatic carbocycles. The molecule has 1 N–H and O–H groups in total. The van der Waals surface area contributed by atoms with Crippen LogP contribution in [-0.2, 0) is 9.53 Å². The maximum absolute atomic E-state index is 13.0. The number of rotatable bonds is 3. The lowest BCUT2D eigenvalue weighted by molar-refractivity contribution is -0.146. The van der Waals surface area contributed by atoms with Gasteiger partial charge in [-0.25, -0.2) is 9.48 Å². The number of carbonyl (C=O) groups is 1. The van der Waals surface area contributed by atoms with Crippen LogP contribution >= 0.6 is 0 Å². The molecule has 25 heavy (non-hydrogen) atoms. The molecule has 1 saturated carbocycles. The second-order valence-corrected chi connectivity index (χ2v) is 6.55. The number of nitrogens with zero attached hydrogens (tertiary/aromatic N) is 4. The number of fused-ring (bicyclic) bond motifs is 1. The number of ether oxygens (including phenoxy) is 1. The fourth-order valence-corrected chi connectivity index (χ4v) is 3.60. The zero-order valence-electron chi connectivity index (χ0n) is 14.2. The molecule has 130 valence electrons. The normalized spacial score (nSPS) is 20.8. The predicted octanol–water partition coefficient (Wildman–Crippen LogP) is 2.84. The van der Waals surface area contributed by atoms with Crippen molar-refractivity contribution in [1.29, 1.82) is 0 Å². The van der Waals surface area contributed by atoms with E-state index in [0.717, 1.165) is 36.9 Å². The van der Waals surface area contributed by atoms with Crippen LogP contribution in [0.3, 0.4) is 0 Å². The van der Waals surface area contributed by atoms with Crippen LogP contribution in [0.2, 0.25) is 0 Å². The fourth-order valence-electron chi connectivity index (χ4n) is 3.60. The Morgan fingerprint density at radius 1 is 1.32 bits per heavy atom. The zero-order valence-corrected chi connectivity index (χ0v) is 14.2. The van der Waals surface area contributed by atoms with Crippen molar-refractivity contribution in [3.63, 3.8) is 0 Å². The van der Waals surface area contributed by atoms with Gasteiger partial charge >= 0.3 is 5.97 Å². The number of anilines is 1. The number of carbonyl (C=O) groups excluding carboxylic acids is 1. The summed E-state index contributed by atoms with van der Waals surface area (Å²) in [4.78, 5) is 21.4. The van der Waals surface area contributed by atoms with E-state index in [4.69, 9.17) is 4.74 Å². The first kappa shape index (κ1) is 15.8. The van der Waals surface area contributed by atoms with Crippen LogP contribution in [0.15, 0.2) is 42.1 Å². The largest absolute Gasteiger partial charge is 0.459 e. The Morgan fingerprint density at radius 3 is 2.92 bits per heavy atom. The number of allylic oxidation sites excluding steroid dienone is 1. The summed E-state index contributed by atoms with van der Waals surface area (Å²) < 4.78 is 7.54. The summed E-state index contributed by atoms with van der Waals surface area (Å²) >= 11 is 0. The summed E-state index contributed by atoms with van der Waals surface area (Å²) in [6, 6.07) is 3.41. The van der Waals surface area contributed by atoms with Crippen LogP contribution in [-0.4, -0.2) is 31.8 Å². The standard InChI is InChI=1S/C18H21N5O2/c1-12-15(17(24)25-14-7-3-2-4-8-14)16(13-6-5-9-19-10-13)23-18(22-12)20-11-21-23/h5-6,9-11,14,16H,2-4,7-8H2,1H3,(H,20,21,22)/t16-/m0/s1. The Morgan fingerprint density at radius 2 is 2.16 bits per heavy atom. The maximum atomic E-state index is 13.0. The van der Waals surface area contributed by atoms with Crippen LogP contribution in [0.5, 0.6) is 0 Å². The van der Waals surface area contributed by atoms with E-state index in [9.17, 15) is 4.79 Å². The smallest absolute Gasteiger partial charge is 0.338 e. The summed E-state index contributed by atoms with van der Waals surface area (Å²) in [5, 5.41) is 7.46. The van der Waals surface area contributed by atoms with Crippen molar-refractivity contribution in [1.82, 2.24) is 19.7 Å². The van der Waals surface area contributed by atoms with Crippen LogP contribution in [0.4, 0.5) is 5.95 Å². The fraction of sp³-hybridized carbons (Fsp3) is 0.444. The molecule has 0 spiro atoms. The summed E-state index contributed by atoms with van der Waals surface area (Å²) in [5.74, 6) is 0.326.